The van der Waals surface area contributed by atoms with Gasteiger partial charge >= 0.3 is 12.1 Å². The average molecular weight is 421 g/mol. The van der Waals surface area contributed by atoms with Gasteiger partial charge in [-0.2, -0.15) is 0 Å². The van der Waals surface area contributed by atoms with E-state index in [1.807, 2.05) is 24.3 Å². The molecule has 2 heterocycles. The average Bonchev–Trinajstić information content (AvgIpc) is 3.49. The van der Waals surface area contributed by atoms with Crippen molar-refractivity contribution in [3.05, 3.63) is 69.7 Å². The second-order valence-electron chi connectivity index (χ2n) is 7.41. The summed E-state index contributed by atoms with van der Waals surface area (Å²) in [4.78, 5) is 25.6. The number of aromatic carboxylic acids is 1. The smallest absolute Gasteiger partial charge is 0.410 e. The van der Waals surface area contributed by atoms with Crippen molar-refractivity contribution in [2.45, 2.75) is 24.8 Å². The Morgan fingerprint density at radius 2 is 1.73 bits per heavy atom. The van der Waals surface area contributed by atoms with Crippen LogP contribution >= 0.6 is 11.3 Å². The van der Waals surface area contributed by atoms with Crippen molar-refractivity contribution in [2.75, 3.05) is 13.2 Å². The lowest BCUT2D eigenvalue weighted by atomic mass is 9.98. The van der Waals surface area contributed by atoms with Crippen LogP contribution in [0.3, 0.4) is 0 Å². The van der Waals surface area contributed by atoms with Crippen molar-refractivity contribution < 1.29 is 19.4 Å². The summed E-state index contributed by atoms with van der Waals surface area (Å²) in [7, 11) is 0. The van der Waals surface area contributed by atoms with E-state index in [-0.39, 0.29) is 23.6 Å². The molecule has 1 aliphatic heterocycles. The van der Waals surface area contributed by atoms with E-state index in [4.69, 9.17) is 9.84 Å². The van der Waals surface area contributed by atoms with Crippen molar-refractivity contribution in [2.24, 2.45) is 0 Å². The molecular formula is C22H19N3O4S. The Balaban J connectivity index is 1.33. The Morgan fingerprint density at radius 1 is 1.07 bits per heavy atom. The zero-order valence-electron chi connectivity index (χ0n) is 16.0. The Labute approximate surface area is 176 Å². The van der Waals surface area contributed by atoms with E-state index in [0.717, 1.165) is 24.2 Å². The maximum absolute atomic E-state index is 12.9. The van der Waals surface area contributed by atoms with E-state index < -0.39 is 12.1 Å². The van der Waals surface area contributed by atoms with Gasteiger partial charge < -0.3 is 9.84 Å². The number of hydrogen-bond acceptors (Lipinski definition) is 6. The molecule has 0 spiro atoms. The normalized spacial score (nSPS) is 17.6. The maximum atomic E-state index is 12.9. The molecule has 0 saturated carbocycles. The molecule has 7 nitrogen and oxygen atoms in total. The van der Waals surface area contributed by atoms with Gasteiger partial charge in [-0.15, -0.1) is 10.2 Å². The molecule has 8 heteroatoms. The van der Waals surface area contributed by atoms with Crippen LogP contribution in [0.4, 0.5) is 4.79 Å². The molecule has 30 heavy (non-hydrogen) atoms. The van der Waals surface area contributed by atoms with E-state index in [9.17, 15) is 9.59 Å². The molecule has 152 valence electrons. The highest BCUT2D eigenvalue weighted by Gasteiger charge is 2.35. The van der Waals surface area contributed by atoms with Crippen LogP contribution in [0.5, 0.6) is 0 Å². The summed E-state index contributed by atoms with van der Waals surface area (Å²) in [5, 5.41) is 17.2. The first-order valence-corrected chi connectivity index (χ1v) is 10.6. The number of fused-ring (bicyclic) bond motifs is 3. The molecule has 0 bridgehead atoms. The highest BCUT2D eigenvalue weighted by atomic mass is 32.1. The number of hydrogen-bond donors (Lipinski definition) is 1. The van der Waals surface area contributed by atoms with E-state index in [0.29, 0.717) is 11.6 Å². The first-order chi connectivity index (χ1) is 14.6. The van der Waals surface area contributed by atoms with Gasteiger partial charge in [-0.3, -0.25) is 4.90 Å². The number of carboxylic acid groups (broad SMARTS) is 1. The minimum absolute atomic E-state index is 0.00236. The van der Waals surface area contributed by atoms with Crippen LogP contribution in [0.15, 0.2) is 48.5 Å². The Kier molecular flexibility index (Phi) is 4.71. The van der Waals surface area contributed by atoms with Crippen LogP contribution in [-0.2, 0) is 4.74 Å². The maximum Gasteiger partial charge on any atom is 0.410 e. The molecule has 5 rings (SSSR count). The van der Waals surface area contributed by atoms with Crippen LogP contribution in [0.25, 0.3) is 11.1 Å². The molecule has 3 aromatic rings. The van der Waals surface area contributed by atoms with Crippen molar-refractivity contribution in [3.63, 3.8) is 0 Å². The molecule has 1 aliphatic carbocycles. The van der Waals surface area contributed by atoms with Crippen molar-refractivity contribution >= 4 is 23.4 Å². The fourth-order valence-corrected chi connectivity index (χ4v) is 5.20. The highest BCUT2D eigenvalue weighted by molar-refractivity contribution is 7.13. The van der Waals surface area contributed by atoms with E-state index >= 15 is 0 Å². The summed E-state index contributed by atoms with van der Waals surface area (Å²) in [5.41, 5.74) is 4.70. The van der Waals surface area contributed by atoms with Crippen LogP contribution in [0, 0.1) is 0 Å². The summed E-state index contributed by atoms with van der Waals surface area (Å²) >= 11 is 1.01. The van der Waals surface area contributed by atoms with Gasteiger partial charge in [0.05, 0.1) is 6.04 Å². The number of likely N-dealkylation sites (tertiary alicyclic amines) is 1. The highest BCUT2D eigenvalue weighted by Crippen LogP contribution is 2.44. The minimum Gasteiger partial charge on any atom is -0.476 e. The zero-order chi connectivity index (χ0) is 20.7. The van der Waals surface area contributed by atoms with Gasteiger partial charge in [-0.1, -0.05) is 59.9 Å². The molecule has 1 aromatic heterocycles. The molecule has 0 radical (unpaired) electrons. The number of carboxylic acids is 1. The number of carbonyl (C=O) groups is 2. The fraction of sp³-hybridized carbons (Fsp3) is 0.273. The third-order valence-corrected chi connectivity index (χ3v) is 6.74. The zero-order valence-corrected chi connectivity index (χ0v) is 16.8. The second kappa shape index (κ2) is 7.53. The minimum atomic E-state index is -1.11. The third kappa shape index (κ3) is 3.13. The Bertz CT molecular complexity index is 1080. The van der Waals surface area contributed by atoms with Gasteiger partial charge in [0.25, 0.3) is 0 Å². The monoisotopic (exact) mass is 421 g/mol. The van der Waals surface area contributed by atoms with Crippen LogP contribution in [0.1, 0.15) is 50.7 Å². The van der Waals surface area contributed by atoms with Crippen LogP contribution in [0.2, 0.25) is 0 Å². The number of nitrogens with zero attached hydrogens (tertiary/aromatic N) is 3. The number of carbonyl (C=O) groups excluding carboxylic acids is 1. The fourth-order valence-electron chi connectivity index (χ4n) is 4.37. The standard InChI is InChI=1S/C22H19N3O4S/c26-21(27)20-24-23-19(30-20)18-10-5-11-25(18)22(28)29-12-17-15-8-3-1-6-13(15)14-7-2-4-9-16(14)17/h1-4,6-9,17-18H,5,10-12H2,(H,26,27). The number of benzene rings is 2. The van der Waals surface area contributed by atoms with Gasteiger partial charge in [0.2, 0.25) is 5.01 Å². The Morgan fingerprint density at radius 3 is 2.37 bits per heavy atom. The van der Waals surface area contributed by atoms with Gasteiger partial charge in [-0.25, -0.2) is 9.59 Å². The number of ether oxygens (including phenoxy) is 1. The van der Waals surface area contributed by atoms with E-state index in [2.05, 4.69) is 34.5 Å². The molecule has 1 amide bonds. The van der Waals surface area contributed by atoms with Gasteiger partial charge in [0.15, 0.2) is 0 Å². The lowest BCUT2D eigenvalue weighted by Crippen LogP contribution is -2.32. The molecule has 1 saturated heterocycles. The molecule has 1 atom stereocenters. The van der Waals surface area contributed by atoms with Gasteiger partial charge in [0, 0.05) is 12.5 Å². The first-order valence-electron chi connectivity index (χ1n) is 9.82. The number of rotatable bonds is 4. The quantitative estimate of drug-likeness (QED) is 0.674. The predicted molar refractivity (Wildman–Crippen MR) is 111 cm³/mol. The summed E-state index contributed by atoms with van der Waals surface area (Å²) in [6, 6.07) is 16.1. The number of amides is 1. The molecule has 2 aromatic carbocycles. The Hall–Kier alpha value is -3.26. The van der Waals surface area contributed by atoms with Crippen molar-refractivity contribution in [1.29, 1.82) is 0 Å². The van der Waals surface area contributed by atoms with Crippen LogP contribution < -0.4 is 0 Å². The van der Waals surface area contributed by atoms with Gasteiger partial charge in [-0.05, 0) is 35.1 Å². The molecule has 2 aliphatic rings. The molecular weight excluding hydrogens is 402 g/mol. The summed E-state index contributed by atoms with van der Waals surface area (Å²) < 4.78 is 5.76. The SMILES string of the molecule is O=C(O)c1nnc(C2CCCN2C(=O)OCC2c3ccccc3-c3ccccc32)s1. The second-order valence-corrected chi connectivity index (χ2v) is 8.42. The first kappa shape index (κ1) is 18.7. The van der Waals surface area contributed by atoms with Gasteiger partial charge in [0.1, 0.15) is 11.6 Å². The molecule has 1 fully saturated rings. The number of aromatic nitrogens is 2. The van der Waals surface area contributed by atoms with Crippen LogP contribution in [-0.4, -0.2) is 45.4 Å². The molecule has 1 N–H and O–H groups in total. The van der Waals surface area contributed by atoms with E-state index in [1.54, 1.807) is 4.90 Å². The van der Waals surface area contributed by atoms with E-state index in [1.165, 1.54) is 22.3 Å². The lowest BCUT2D eigenvalue weighted by molar-refractivity contribution is 0.0695. The van der Waals surface area contributed by atoms with Crippen molar-refractivity contribution in [3.8, 4) is 11.1 Å². The summed E-state index contributed by atoms with van der Waals surface area (Å²) in [6.45, 7) is 0.815. The predicted octanol–water partition coefficient (Wildman–Crippen LogP) is 4.32. The lowest BCUT2D eigenvalue weighted by Gasteiger charge is -2.23. The van der Waals surface area contributed by atoms with Crippen molar-refractivity contribution in [1.82, 2.24) is 15.1 Å². The summed E-state index contributed by atoms with van der Waals surface area (Å²) in [6.07, 6.45) is 1.14. The topological polar surface area (TPSA) is 92.6 Å². The molecule has 1 unspecified atom stereocenters. The summed E-state index contributed by atoms with van der Waals surface area (Å²) in [5.74, 6) is -1.10. The third-order valence-electron chi connectivity index (χ3n) is 5.73. The largest absolute Gasteiger partial charge is 0.476 e.